The zero-order chi connectivity index (χ0) is 23.7. The highest BCUT2D eigenvalue weighted by molar-refractivity contribution is 6.37. The number of fused-ring (bicyclic) bond motifs is 1. The number of hydrogen-bond donors (Lipinski definition) is 2. The maximum Gasteiger partial charge on any atom is 0.397 e. The summed E-state index contributed by atoms with van der Waals surface area (Å²) in [5.74, 6) is -2.22. The number of ether oxygens (including phenoxy) is 2. The molecular formula is C23H24F3NO5. The Kier molecular flexibility index (Phi) is 6.66. The van der Waals surface area contributed by atoms with Crippen molar-refractivity contribution in [1.29, 1.82) is 0 Å². The molecule has 0 aliphatic heterocycles. The van der Waals surface area contributed by atoms with Crippen LogP contribution in [0.25, 0.3) is 0 Å². The highest BCUT2D eigenvalue weighted by Gasteiger charge is 2.47. The second kappa shape index (κ2) is 9.10. The van der Waals surface area contributed by atoms with Gasteiger partial charge in [-0.2, -0.15) is 0 Å². The fourth-order valence-electron chi connectivity index (χ4n) is 3.66. The van der Waals surface area contributed by atoms with Crippen molar-refractivity contribution in [1.82, 2.24) is 0 Å². The van der Waals surface area contributed by atoms with Crippen molar-refractivity contribution in [2.75, 3.05) is 11.9 Å². The van der Waals surface area contributed by atoms with Gasteiger partial charge in [-0.3, -0.25) is 4.79 Å². The van der Waals surface area contributed by atoms with E-state index in [1.54, 1.807) is 6.07 Å². The first kappa shape index (κ1) is 23.4. The Morgan fingerprint density at radius 3 is 2.41 bits per heavy atom. The molecule has 3 unspecified atom stereocenters. The summed E-state index contributed by atoms with van der Waals surface area (Å²) in [6.45, 7) is 6.70. The smallest absolute Gasteiger partial charge is 0.397 e. The van der Waals surface area contributed by atoms with Gasteiger partial charge in [0.05, 0.1) is 6.61 Å². The molecule has 2 aromatic rings. The standard InChI is InChI=1S/C23H24F3NO5/c1-5-31-23(30)22(29)27-14-8-11(4)21(17-16(14)18(24)20(26)19(17)25)32-12-6-7-15(28)13(9-12)10(2)3/h6-10,18-20,28H,5H2,1-4H3,(H,27,29). The minimum Gasteiger partial charge on any atom is -0.508 e. The van der Waals surface area contributed by atoms with Crippen molar-refractivity contribution in [2.24, 2.45) is 0 Å². The number of phenolic OH excluding ortho intramolecular Hbond substituents is 1. The van der Waals surface area contributed by atoms with E-state index in [1.165, 1.54) is 32.0 Å². The van der Waals surface area contributed by atoms with Crippen molar-refractivity contribution in [2.45, 2.75) is 52.1 Å². The predicted molar refractivity (Wildman–Crippen MR) is 111 cm³/mol. The molecule has 1 aliphatic carbocycles. The SMILES string of the molecule is CCOC(=O)C(=O)Nc1cc(C)c(Oc2ccc(O)c(C(C)C)c2)c2c1C(F)C(F)C2F. The van der Waals surface area contributed by atoms with Crippen LogP contribution in [-0.2, 0) is 14.3 Å². The number of carbonyl (C=O) groups excluding carboxylic acids is 2. The van der Waals surface area contributed by atoms with Crippen molar-refractivity contribution < 1.29 is 37.3 Å². The van der Waals surface area contributed by atoms with Gasteiger partial charge in [-0.1, -0.05) is 13.8 Å². The number of alkyl halides is 3. The van der Waals surface area contributed by atoms with Crippen LogP contribution >= 0.6 is 0 Å². The molecule has 0 bridgehead atoms. The molecule has 6 nitrogen and oxygen atoms in total. The second-order valence-electron chi connectivity index (χ2n) is 7.80. The first-order chi connectivity index (χ1) is 15.1. The van der Waals surface area contributed by atoms with Gasteiger partial charge in [0.15, 0.2) is 18.5 Å². The molecule has 0 spiro atoms. The van der Waals surface area contributed by atoms with Crippen LogP contribution in [0.2, 0.25) is 0 Å². The third-order valence-corrected chi connectivity index (χ3v) is 5.20. The zero-order valence-electron chi connectivity index (χ0n) is 18.0. The van der Waals surface area contributed by atoms with Gasteiger partial charge in [-0.05, 0) is 49.6 Å². The quantitative estimate of drug-likeness (QED) is 0.464. The van der Waals surface area contributed by atoms with E-state index >= 15 is 0 Å². The fourth-order valence-corrected chi connectivity index (χ4v) is 3.66. The van der Waals surface area contributed by atoms with Crippen molar-refractivity contribution >= 4 is 17.6 Å². The number of aromatic hydroxyl groups is 1. The number of esters is 1. The van der Waals surface area contributed by atoms with Gasteiger partial charge >= 0.3 is 11.9 Å². The summed E-state index contributed by atoms with van der Waals surface area (Å²) in [4.78, 5) is 23.7. The van der Waals surface area contributed by atoms with Crippen LogP contribution in [0.1, 0.15) is 61.3 Å². The number of halogens is 3. The summed E-state index contributed by atoms with van der Waals surface area (Å²) >= 11 is 0. The number of hydrogen-bond acceptors (Lipinski definition) is 5. The largest absolute Gasteiger partial charge is 0.508 e. The topological polar surface area (TPSA) is 84.9 Å². The Morgan fingerprint density at radius 2 is 1.78 bits per heavy atom. The highest BCUT2D eigenvalue weighted by atomic mass is 19.2. The van der Waals surface area contributed by atoms with Gasteiger partial charge in [-0.15, -0.1) is 0 Å². The Morgan fingerprint density at radius 1 is 1.12 bits per heavy atom. The Bertz CT molecular complexity index is 1060. The molecule has 0 saturated carbocycles. The van der Waals surface area contributed by atoms with Gasteiger partial charge < -0.3 is 19.9 Å². The molecule has 3 atom stereocenters. The molecule has 0 radical (unpaired) electrons. The lowest BCUT2D eigenvalue weighted by atomic mass is 10.0. The number of benzene rings is 2. The van der Waals surface area contributed by atoms with E-state index in [4.69, 9.17) is 4.74 Å². The van der Waals surface area contributed by atoms with E-state index in [0.29, 0.717) is 5.56 Å². The van der Waals surface area contributed by atoms with Crippen LogP contribution in [0.3, 0.4) is 0 Å². The van der Waals surface area contributed by atoms with E-state index in [9.17, 15) is 27.9 Å². The molecule has 0 saturated heterocycles. The Balaban J connectivity index is 2.07. The van der Waals surface area contributed by atoms with Gasteiger partial charge in [0, 0.05) is 22.4 Å². The van der Waals surface area contributed by atoms with Crippen LogP contribution in [0, 0.1) is 6.92 Å². The number of phenols is 1. The summed E-state index contributed by atoms with van der Waals surface area (Å²) in [6.07, 6.45) is -7.21. The van der Waals surface area contributed by atoms with Crippen molar-refractivity contribution in [3.05, 3.63) is 46.5 Å². The number of rotatable bonds is 5. The summed E-state index contributed by atoms with van der Waals surface area (Å²) < 4.78 is 54.3. The first-order valence-corrected chi connectivity index (χ1v) is 10.1. The van der Waals surface area contributed by atoms with Crippen LogP contribution < -0.4 is 10.1 Å². The lowest BCUT2D eigenvalue weighted by Crippen LogP contribution is -2.25. The van der Waals surface area contributed by atoms with Crippen LogP contribution in [0.15, 0.2) is 24.3 Å². The van der Waals surface area contributed by atoms with Crippen molar-refractivity contribution in [3.8, 4) is 17.2 Å². The third-order valence-electron chi connectivity index (χ3n) is 5.20. The number of aryl methyl sites for hydroxylation is 1. The fraction of sp³-hybridized carbons (Fsp3) is 0.391. The van der Waals surface area contributed by atoms with E-state index in [2.05, 4.69) is 10.1 Å². The second-order valence-corrected chi connectivity index (χ2v) is 7.80. The summed E-state index contributed by atoms with van der Waals surface area (Å²) in [7, 11) is 0. The molecule has 0 aromatic heterocycles. The van der Waals surface area contributed by atoms with Crippen LogP contribution in [0.5, 0.6) is 17.2 Å². The molecule has 32 heavy (non-hydrogen) atoms. The zero-order valence-corrected chi connectivity index (χ0v) is 18.0. The van der Waals surface area contributed by atoms with Crippen molar-refractivity contribution in [3.63, 3.8) is 0 Å². The first-order valence-electron chi connectivity index (χ1n) is 10.1. The molecule has 172 valence electrons. The van der Waals surface area contributed by atoms with Gasteiger partial charge in [0.1, 0.15) is 17.2 Å². The number of carbonyl (C=O) groups is 2. The van der Waals surface area contributed by atoms with Gasteiger partial charge in [-0.25, -0.2) is 18.0 Å². The molecule has 0 fully saturated rings. The lowest BCUT2D eigenvalue weighted by molar-refractivity contribution is -0.152. The summed E-state index contributed by atoms with van der Waals surface area (Å²) in [6, 6.07) is 5.71. The van der Waals surface area contributed by atoms with E-state index < -0.39 is 36.0 Å². The van der Waals surface area contributed by atoms with Crippen LogP contribution in [-0.4, -0.2) is 29.8 Å². The predicted octanol–water partition coefficient (Wildman–Crippen LogP) is 5.49. The summed E-state index contributed by atoms with van der Waals surface area (Å²) in [5, 5.41) is 12.2. The molecule has 2 N–H and O–H groups in total. The monoisotopic (exact) mass is 451 g/mol. The maximum atomic E-state index is 14.8. The molecule has 9 heteroatoms. The Hall–Kier alpha value is -3.23. The normalized spacial score (nSPS) is 19.6. The van der Waals surface area contributed by atoms with E-state index in [0.717, 1.165) is 0 Å². The van der Waals surface area contributed by atoms with E-state index in [-0.39, 0.29) is 46.6 Å². The molecule has 1 amide bonds. The molecule has 0 heterocycles. The highest BCUT2D eigenvalue weighted by Crippen LogP contribution is 2.54. The van der Waals surface area contributed by atoms with Crippen LogP contribution in [0.4, 0.5) is 18.9 Å². The lowest BCUT2D eigenvalue weighted by Gasteiger charge is -2.19. The number of amides is 1. The molecule has 1 aliphatic rings. The van der Waals surface area contributed by atoms with Gasteiger partial charge in [0.25, 0.3) is 0 Å². The minimum atomic E-state index is -2.50. The van der Waals surface area contributed by atoms with Gasteiger partial charge in [0.2, 0.25) is 0 Å². The van der Waals surface area contributed by atoms with E-state index in [1.807, 2.05) is 13.8 Å². The summed E-state index contributed by atoms with van der Waals surface area (Å²) in [5.41, 5.74) is -0.161. The average molecular weight is 451 g/mol. The molecule has 2 aromatic carbocycles. The average Bonchev–Trinajstić information content (AvgIpc) is 2.96. The third kappa shape index (κ3) is 4.24. The number of anilines is 1. The minimum absolute atomic E-state index is 0.0369. The number of nitrogens with one attached hydrogen (secondary N) is 1. The molecule has 3 rings (SSSR count). The molecular weight excluding hydrogens is 427 g/mol. The Labute approximate surface area is 183 Å². The maximum absolute atomic E-state index is 14.8.